The second kappa shape index (κ2) is 9.96. The third kappa shape index (κ3) is 5.87. The van der Waals surface area contributed by atoms with Crippen LogP contribution in [-0.2, 0) is 6.42 Å². The van der Waals surface area contributed by atoms with Crippen molar-refractivity contribution in [1.82, 2.24) is 15.0 Å². The van der Waals surface area contributed by atoms with E-state index in [-0.39, 0.29) is 12.0 Å². The molecule has 7 nitrogen and oxygen atoms in total. The Morgan fingerprint density at radius 3 is 2.64 bits per heavy atom. The number of alkyl halides is 1. The third-order valence-electron chi connectivity index (χ3n) is 4.91. The van der Waals surface area contributed by atoms with Gasteiger partial charge >= 0.3 is 0 Å². The number of hydrogen-bond acceptors (Lipinski definition) is 6. The number of aromatic nitrogens is 3. The summed E-state index contributed by atoms with van der Waals surface area (Å²) < 4.78 is 13.1. The summed E-state index contributed by atoms with van der Waals surface area (Å²) in [5.74, 6) is 1.20. The van der Waals surface area contributed by atoms with Crippen molar-refractivity contribution in [1.29, 1.82) is 0 Å². The Morgan fingerprint density at radius 2 is 1.96 bits per heavy atom. The van der Waals surface area contributed by atoms with Crippen molar-refractivity contribution in [2.24, 2.45) is 11.1 Å². The van der Waals surface area contributed by atoms with Gasteiger partial charge < -0.3 is 15.8 Å². The molecule has 0 spiro atoms. The Labute approximate surface area is 164 Å². The molecule has 0 amide bonds. The molecular formula is C20H27FN6O. The van der Waals surface area contributed by atoms with Crippen LogP contribution in [0.5, 0.6) is 0 Å². The van der Waals surface area contributed by atoms with Crippen molar-refractivity contribution >= 4 is 18.2 Å². The maximum absolute atomic E-state index is 13.1. The van der Waals surface area contributed by atoms with E-state index in [9.17, 15) is 4.39 Å². The van der Waals surface area contributed by atoms with Crippen molar-refractivity contribution in [3.63, 3.8) is 0 Å². The molecule has 3 rings (SSSR count). The molecule has 0 bridgehead atoms. The topological polar surface area (TPSA) is 95.3 Å². The minimum absolute atomic E-state index is 0.226. The summed E-state index contributed by atoms with van der Waals surface area (Å²) >= 11 is 0. The maximum atomic E-state index is 13.1. The van der Waals surface area contributed by atoms with Crippen LogP contribution < -0.4 is 10.6 Å². The molecule has 1 saturated carbocycles. The van der Waals surface area contributed by atoms with E-state index in [1.807, 2.05) is 6.07 Å². The second-order valence-corrected chi connectivity index (χ2v) is 7.25. The number of hydrogen-bond donors (Lipinski definition) is 3. The van der Waals surface area contributed by atoms with Crippen LogP contribution in [0, 0.1) is 5.92 Å². The van der Waals surface area contributed by atoms with E-state index in [0.717, 1.165) is 25.6 Å². The highest BCUT2D eigenvalue weighted by Crippen LogP contribution is 2.36. The van der Waals surface area contributed by atoms with E-state index in [2.05, 4.69) is 55.0 Å². The lowest BCUT2D eigenvalue weighted by atomic mass is 10.0. The van der Waals surface area contributed by atoms with Crippen LogP contribution in [0.4, 0.5) is 16.3 Å². The molecule has 1 aliphatic rings. The van der Waals surface area contributed by atoms with Gasteiger partial charge in [0, 0.05) is 12.0 Å². The Bertz CT molecular complexity index is 769. The molecule has 150 valence electrons. The molecule has 1 fully saturated rings. The number of nitrogens with zero attached hydrogens (tertiary/aromatic N) is 4. The molecule has 1 aliphatic carbocycles. The fourth-order valence-electron chi connectivity index (χ4n) is 3.16. The first-order valence-corrected chi connectivity index (χ1v) is 9.74. The lowest BCUT2D eigenvalue weighted by Gasteiger charge is -2.19. The van der Waals surface area contributed by atoms with Crippen LogP contribution in [0.3, 0.4) is 0 Å². The van der Waals surface area contributed by atoms with Crippen LogP contribution in [0.15, 0.2) is 35.5 Å². The Balaban J connectivity index is 1.67. The van der Waals surface area contributed by atoms with Crippen molar-refractivity contribution in [2.75, 3.05) is 17.3 Å². The molecule has 1 aromatic carbocycles. The quantitative estimate of drug-likeness (QED) is 0.234. The summed E-state index contributed by atoms with van der Waals surface area (Å²) in [6, 6.07) is 10.7. The first-order valence-electron chi connectivity index (χ1n) is 9.74. The van der Waals surface area contributed by atoms with E-state index in [0.29, 0.717) is 17.7 Å². The number of rotatable bonds is 11. The molecule has 2 unspecified atom stereocenters. The van der Waals surface area contributed by atoms with E-state index < -0.39 is 12.6 Å². The summed E-state index contributed by atoms with van der Waals surface area (Å²) in [7, 11) is 0. The summed E-state index contributed by atoms with van der Waals surface area (Å²) in [4.78, 5) is 12.9. The van der Waals surface area contributed by atoms with Gasteiger partial charge in [-0.1, -0.05) is 42.4 Å². The van der Waals surface area contributed by atoms with Crippen molar-refractivity contribution in [3.8, 4) is 0 Å². The number of benzene rings is 1. The standard InChI is InChI=1S/C20H27FN6O/c1-14(12-21)18-25-19(22-13-23-28)27-20(26-18)24-17(16-10-11-16)9-5-8-15-6-3-2-4-7-15/h2-4,6-7,13-14,16-17,28H,5,8-12H2,1H3,(H2,22,23,24,25,26,27). The maximum Gasteiger partial charge on any atom is 0.233 e. The summed E-state index contributed by atoms with van der Waals surface area (Å²) in [5.41, 5.74) is 1.34. The predicted molar refractivity (Wildman–Crippen MR) is 108 cm³/mol. The van der Waals surface area contributed by atoms with E-state index in [1.165, 1.54) is 18.4 Å². The largest absolute Gasteiger partial charge is 0.410 e. The van der Waals surface area contributed by atoms with Gasteiger partial charge in [0.1, 0.15) is 12.2 Å². The zero-order chi connectivity index (χ0) is 19.8. The zero-order valence-corrected chi connectivity index (χ0v) is 16.1. The van der Waals surface area contributed by atoms with Gasteiger partial charge in [-0.05, 0) is 43.6 Å². The number of aryl methyl sites for hydroxylation is 1. The molecule has 0 radical (unpaired) electrons. The Morgan fingerprint density at radius 1 is 1.21 bits per heavy atom. The predicted octanol–water partition coefficient (Wildman–Crippen LogP) is 3.99. The summed E-state index contributed by atoms with van der Waals surface area (Å²) in [6.07, 6.45) is 6.58. The van der Waals surface area contributed by atoms with Gasteiger partial charge in [-0.25, -0.2) is 0 Å². The average molecular weight is 386 g/mol. The molecule has 0 saturated heterocycles. The van der Waals surface area contributed by atoms with Crippen molar-refractivity contribution in [2.45, 2.75) is 51.0 Å². The lowest BCUT2D eigenvalue weighted by Crippen LogP contribution is -2.24. The molecule has 3 N–H and O–H groups in total. The molecular weight excluding hydrogens is 359 g/mol. The molecule has 2 atom stereocenters. The fraction of sp³-hybridized carbons (Fsp3) is 0.500. The van der Waals surface area contributed by atoms with Gasteiger partial charge in [-0.3, -0.25) is 4.39 Å². The number of halogens is 1. The minimum Gasteiger partial charge on any atom is -0.410 e. The highest BCUT2D eigenvalue weighted by atomic mass is 19.1. The third-order valence-corrected chi connectivity index (χ3v) is 4.91. The first kappa shape index (κ1) is 20.0. The van der Waals surface area contributed by atoms with Crippen LogP contribution >= 0.6 is 0 Å². The number of anilines is 2. The molecule has 2 aromatic rings. The van der Waals surface area contributed by atoms with Crippen molar-refractivity contribution in [3.05, 3.63) is 41.7 Å². The Hall–Kier alpha value is -2.77. The van der Waals surface area contributed by atoms with Crippen LogP contribution in [0.25, 0.3) is 0 Å². The van der Waals surface area contributed by atoms with Gasteiger partial charge in [0.05, 0.1) is 6.67 Å². The van der Waals surface area contributed by atoms with E-state index >= 15 is 0 Å². The number of nitrogens with one attached hydrogen (secondary N) is 2. The van der Waals surface area contributed by atoms with E-state index in [1.54, 1.807) is 6.92 Å². The minimum atomic E-state index is -0.555. The molecule has 0 aliphatic heterocycles. The lowest BCUT2D eigenvalue weighted by molar-refractivity contribution is 0.321. The highest BCUT2D eigenvalue weighted by molar-refractivity contribution is 5.71. The fourth-order valence-corrected chi connectivity index (χ4v) is 3.16. The molecule has 1 aromatic heterocycles. The SMILES string of the molecule is CC(CF)c1nc(NC=NO)nc(NC(CCCc2ccccc2)C2CC2)n1. The van der Waals surface area contributed by atoms with Crippen LogP contribution in [-0.4, -0.2) is 39.2 Å². The van der Waals surface area contributed by atoms with Gasteiger partial charge in [0.15, 0.2) is 0 Å². The summed E-state index contributed by atoms with van der Waals surface area (Å²) in [5, 5.41) is 17.6. The Kier molecular flexibility index (Phi) is 7.11. The average Bonchev–Trinajstić information content (AvgIpc) is 3.57. The van der Waals surface area contributed by atoms with Gasteiger partial charge in [-0.15, -0.1) is 0 Å². The first-order chi connectivity index (χ1) is 13.7. The van der Waals surface area contributed by atoms with Gasteiger partial charge in [0.2, 0.25) is 11.9 Å². The smallest absolute Gasteiger partial charge is 0.233 e. The van der Waals surface area contributed by atoms with Crippen LogP contribution in [0.2, 0.25) is 0 Å². The summed E-state index contributed by atoms with van der Waals surface area (Å²) in [6.45, 7) is 1.17. The second-order valence-electron chi connectivity index (χ2n) is 7.25. The normalized spacial score (nSPS) is 16.1. The molecule has 1 heterocycles. The zero-order valence-electron chi connectivity index (χ0n) is 16.1. The highest BCUT2D eigenvalue weighted by Gasteiger charge is 2.31. The van der Waals surface area contributed by atoms with Crippen LogP contribution in [0.1, 0.15) is 49.9 Å². The van der Waals surface area contributed by atoms with Crippen molar-refractivity contribution < 1.29 is 9.60 Å². The number of oxime groups is 1. The molecule has 8 heteroatoms. The van der Waals surface area contributed by atoms with Gasteiger partial charge in [0.25, 0.3) is 0 Å². The molecule has 28 heavy (non-hydrogen) atoms. The van der Waals surface area contributed by atoms with E-state index in [4.69, 9.17) is 5.21 Å². The monoisotopic (exact) mass is 386 g/mol. The van der Waals surface area contributed by atoms with Gasteiger partial charge in [-0.2, -0.15) is 15.0 Å².